The normalized spacial score (nSPS) is 10.9. The number of carboxylic acid groups (broad SMARTS) is 1. The van der Waals surface area contributed by atoms with Crippen molar-refractivity contribution in [2.24, 2.45) is 0 Å². The summed E-state index contributed by atoms with van der Waals surface area (Å²) < 4.78 is 5.70. The lowest BCUT2D eigenvalue weighted by Crippen LogP contribution is -2.12. The summed E-state index contributed by atoms with van der Waals surface area (Å²) in [5, 5.41) is 11.0. The van der Waals surface area contributed by atoms with E-state index in [0.29, 0.717) is 12.2 Å². The zero-order valence-electron chi connectivity index (χ0n) is 17.1. The SMILES string of the molecule is CC(C)=CCc1cc(/C=C/C(=O)O)ccc1OC(=O)Cc1cccc2ccccc12. The van der Waals surface area contributed by atoms with Crippen molar-refractivity contribution in [3.05, 3.63) is 95.1 Å². The van der Waals surface area contributed by atoms with E-state index in [1.54, 1.807) is 12.1 Å². The molecule has 0 aromatic heterocycles. The monoisotopic (exact) mass is 400 g/mol. The molecule has 0 fully saturated rings. The molecule has 0 aliphatic carbocycles. The number of allylic oxidation sites excluding steroid dienone is 2. The summed E-state index contributed by atoms with van der Waals surface area (Å²) in [5.74, 6) is -0.852. The van der Waals surface area contributed by atoms with Crippen LogP contribution in [0.4, 0.5) is 0 Å². The second kappa shape index (κ2) is 9.70. The van der Waals surface area contributed by atoms with Gasteiger partial charge in [0.1, 0.15) is 5.75 Å². The van der Waals surface area contributed by atoms with Gasteiger partial charge in [0.25, 0.3) is 0 Å². The van der Waals surface area contributed by atoms with E-state index < -0.39 is 5.97 Å². The zero-order chi connectivity index (χ0) is 21.5. The van der Waals surface area contributed by atoms with Crippen LogP contribution >= 0.6 is 0 Å². The van der Waals surface area contributed by atoms with Gasteiger partial charge in [-0.2, -0.15) is 0 Å². The number of esters is 1. The highest BCUT2D eigenvalue weighted by molar-refractivity contribution is 5.89. The number of carboxylic acids is 1. The highest BCUT2D eigenvalue weighted by Gasteiger charge is 2.12. The Morgan fingerprint density at radius 1 is 0.967 bits per heavy atom. The fourth-order valence-electron chi connectivity index (χ4n) is 3.20. The van der Waals surface area contributed by atoms with Gasteiger partial charge in [-0.15, -0.1) is 0 Å². The van der Waals surface area contributed by atoms with Crippen LogP contribution in [0.15, 0.2) is 78.4 Å². The second-order valence-corrected chi connectivity index (χ2v) is 7.31. The topological polar surface area (TPSA) is 63.6 Å². The van der Waals surface area contributed by atoms with E-state index in [-0.39, 0.29) is 12.4 Å². The molecule has 0 saturated carbocycles. The molecule has 152 valence electrons. The van der Waals surface area contributed by atoms with Crippen molar-refractivity contribution in [3.8, 4) is 5.75 Å². The van der Waals surface area contributed by atoms with Crippen LogP contribution in [0, 0.1) is 0 Å². The lowest BCUT2D eigenvalue weighted by molar-refractivity contribution is -0.134. The van der Waals surface area contributed by atoms with Crippen LogP contribution in [0.2, 0.25) is 0 Å². The maximum absolute atomic E-state index is 12.7. The Bertz CT molecular complexity index is 1130. The average Bonchev–Trinajstić information content (AvgIpc) is 2.72. The fraction of sp³-hybridized carbons (Fsp3) is 0.154. The summed E-state index contributed by atoms with van der Waals surface area (Å²) >= 11 is 0. The summed E-state index contributed by atoms with van der Waals surface area (Å²) in [4.78, 5) is 23.5. The van der Waals surface area contributed by atoms with Crippen molar-refractivity contribution in [3.63, 3.8) is 0 Å². The molecule has 0 saturated heterocycles. The molecule has 1 N–H and O–H groups in total. The molecule has 0 heterocycles. The minimum Gasteiger partial charge on any atom is -0.478 e. The Morgan fingerprint density at radius 3 is 2.50 bits per heavy atom. The maximum Gasteiger partial charge on any atom is 0.328 e. The van der Waals surface area contributed by atoms with Gasteiger partial charge < -0.3 is 9.84 Å². The number of fused-ring (bicyclic) bond motifs is 1. The van der Waals surface area contributed by atoms with E-state index in [0.717, 1.165) is 39.1 Å². The Balaban J connectivity index is 1.83. The molecule has 0 spiro atoms. The number of rotatable bonds is 7. The number of carbonyl (C=O) groups is 2. The Morgan fingerprint density at radius 2 is 1.73 bits per heavy atom. The molecular weight excluding hydrogens is 376 g/mol. The van der Waals surface area contributed by atoms with Crippen LogP contribution in [-0.4, -0.2) is 17.0 Å². The van der Waals surface area contributed by atoms with E-state index in [1.807, 2.05) is 68.5 Å². The van der Waals surface area contributed by atoms with Crippen LogP contribution in [0.25, 0.3) is 16.8 Å². The van der Waals surface area contributed by atoms with E-state index in [4.69, 9.17) is 9.84 Å². The molecule has 0 amide bonds. The van der Waals surface area contributed by atoms with E-state index in [9.17, 15) is 9.59 Å². The van der Waals surface area contributed by atoms with Crippen LogP contribution in [0.5, 0.6) is 5.75 Å². The molecule has 3 aromatic carbocycles. The van der Waals surface area contributed by atoms with Gasteiger partial charge in [-0.25, -0.2) is 4.79 Å². The molecule has 0 unspecified atom stereocenters. The number of carbonyl (C=O) groups excluding carboxylic acids is 1. The van der Waals surface area contributed by atoms with Crippen molar-refractivity contribution < 1.29 is 19.4 Å². The highest BCUT2D eigenvalue weighted by Crippen LogP contribution is 2.24. The second-order valence-electron chi connectivity index (χ2n) is 7.31. The van der Waals surface area contributed by atoms with Gasteiger partial charge in [-0.05, 0) is 65.9 Å². The van der Waals surface area contributed by atoms with Gasteiger partial charge in [-0.3, -0.25) is 4.79 Å². The summed E-state index contributed by atoms with van der Waals surface area (Å²) in [6.07, 6.45) is 5.42. The first-order valence-electron chi connectivity index (χ1n) is 9.77. The number of aliphatic carboxylic acids is 1. The number of ether oxygens (including phenoxy) is 1. The minimum absolute atomic E-state index is 0.171. The van der Waals surface area contributed by atoms with E-state index in [1.165, 1.54) is 6.08 Å². The quantitative estimate of drug-likeness (QED) is 0.243. The molecule has 4 nitrogen and oxygen atoms in total. The van der Waals surface area contributed by atoms with Gasteiger partial charge in [0, 0.05) is 6.08 Å². The number of hydrogen-bond donors (Lipinski definition) is 1. The van der Waals surface area contributed by atoms with Crippen molar-refractivity contribution in [1.29, 1.82) is 0 Å². The largest absolute Gasteiger partial charge is 0.478 e. The lowest BCUT2D eigenvalue weighted by atomic mass is 10.0. The van der Waals surface area contributed by atoms with Crippen LogP contribution < -0.4 is 4.74 Å². The minimum atomic E-state index is -1.01. The molecule has 3 rings (SSSR count). The first kappa shape index (κ1) is 21.1. The summed E-state index contributed by atoms with van der Waals surface area (Å²) in [5.41, 5.74) is 3.64. The van der Waals surface area contributed by atoms with Gasteiger partial charge in [0.2, 0.25) is 0 Å². The van der Waals surface area contributed by atoms with E-state index >= 15 is 0 Å². The fourth-order valence-corrected chi connectivity index (χ4v) is 3.20. The van der Waals surface area contributed by atoms with E-state index in [2.05, 4.69) is 0 Å². The number of benzene rings is 3. The van der Waals surface area contributed by atoms with Crippen LogP contribution in [0.1, 0.15) is 30.5 Å². The maximum atomic E-state index is 12.7. The van der Waals surface area contributed by atoms with Crippen molar-refractivity contribution in [1.82, 2.24) is 0 Å². The molecular formula is C26H24O4. The molecule has 3 aromatic rings. The Labute approximate surface area is 176 Å². The van der Waals surface area contributed by atoms with Gasteiger partial charge in [-0.1, -0.05) is 60.2 Å². The predicted octanol–water partition coefficient (Wildman–Crippen LogP) is 5.59. The molecule has 0 aliphatic rings. The summed E-state index contributed by atoms with van der Waals surface area (Å²) in [7, 11) is 0. The third kappa shape index (κ3) is 5.67. The summed E-state index contributed by atoms with van der Waals surface area (Å²) in [6, 6.07) is 19.2. The summed E-state index contributed by atoms with van der Waals surface area (Å²) in [6.45, 7) is 4.00. The van der Waals surface area contributed by atoms with Crippen molar-refractivity contribution in [2.75, 3.05) is 0 Å². The molecule has 0 atom stereocenters. The van der Waals surface area contributed by atoms with Gasteiger partial charge >= 0.3 is 11.9 Å². The highest BCUT2D eigenvalue weighted by atomic mass is 16.5. The zero-order valence-corrected chi connectivity index (χ0v) is 17.1. The van der Waals surface area contributed by atoms with Gasteiger partial charge in [0.05, 0.1) is 6.42 Å². The number of hydrogen-bond acceptors (Lipinski definition) is 3. The third-order valence-corrected chi connectivity index (χ3v) is 4.67. The molecule has 0 bridgehead atoms. The van der Waals surface area contributed by atoms with Gasteiger partial charge in [0.15, 0.2) is 0 Å². The van der Waals surface area contributed by atoms with Crippen molar-refractivity contribution >= 4 is 28.8 Å². The third-order valence-electron chi connectivity index (χ3n) is 4.67. The first-order valence-corrected chi connectivity index (χ1v) is 9.77. The molecule has 30 heavy (non-hydrogen) atoms. The molecule has 0 radical (unpaired) electrons. The molecule has 0 aliphatic heterocycles. The van der Waals surface area contributed by atoms with Crippen LogP contribution in [-0.2, 0) is 22.4 Å². The lowest BCUT2D eigenvalue weighted by Gasteiger charge is -2.11. The Hall–Kier alpha value is -3.66. The standard InChI is InChI=1S/C26H24O4/c1-18(2)10-13-22-16-19(12-15-25(27)28)11-14-24(22)30-26(29)17-21-8-5-7-20-6-3-4-9-23(20)21/h3-12,14-16H,13,17H2,1-2H3,(H,27,28)/b15-12+. The average molecular weight is 400 g/mol. The smallest absolute Gasteiger partial charge is 0.328 e. The first-order chi connectivity index (χ1) is 14.4. The van der Waals surface area contributed by atoms with Crippen LogP contribution in [0.3, 0.4) is 0 Å². The Kier molecular flexibility index (Phi) is 6.81. The van der Waals surface area contributed by atoms with Crippen molar-refractivity contribution in [2.45, 2.75) is 26.7 Å². The predicted molar refractivity (Wildman–Crippen MR) is 120 cm³/mol. The molecule has 4 heteroatoms.